The molecule has 0 bridgehead atoms. The Morgan fingerprint density at radius 3 is 2.48 bits per heavy atom. The predicted molar refractivity (Wildman–Crippen MR) is 88.5 cm³/mol. The summed E-state index contributed by atoms with van der Waals surface area (Å²) in [5, 5.41) is 7.70. The number of hydrogen-bond donors (Lipinski definition) is 1. The molecule has 0 atom stereocenters. The van der Waals surface area contributed by atoms with E-state index in [-0.39, 0.29) is 5.56 Å². The summed E-state index contributed by atoms with van der Waals surface area (Å²) in [6, 6.07) is 0. The molecule has 1 heterocycles. The van der Waals surface area contributed by atoms with Crippen LogP contribution in [0.3, 0.4) is 0 Å². The number of rotatable bonds is 5. The Morgan fingerprint density at radius 1 is 1.33 bits per heavy atom. The van der Waals surface area contributed by atoms with Crippen LogP contribution in [0.1, 0.15) is 40.5 Å². The topological polar surface area (TPSA) is 46.9 Å². The molecule has 2 aliphatic rings. The normalized spacial score (nSPS) is 23.1. The van der Waals surface area contributed by atoms with Crippen LogP contribution in [-0.2, 0) is 6.54 Å². The van der Waals surface area contributed by atoms with Crippen LogP contribution in [0.25, 0.3) is 0 Å². The fourth-order valence-electron chi connectivity index (χ4n) is 3.32. The molecular weight excluding hydrogens is 330 g/mol. The molecule has 5 heteroatoms. The summed E-state index contributed by atoms with van der Waals surface area (Å²) >= 11 is 3.43. The third-order valence-corrected chi connectivity index (χ3v) is 6.70. The zero-order valence-corrected chi connectivity index (χ0v) is 14.8. The van der Waals surface area contributed by atoms with E-state index in [1.807, 2.05) is 0 Å². The highest BCUT2D eigenvalue weighted by Crippen LogP contribution is 2.68. The van der Waals surface area contributed by atoms with Crippen molar-refractivity contribution in [1.29, 1.82) is 0 Å². The molecule has 0 saturated heterocycles. The van der Waals surface area contributed by atoms with Crippen LogP contribution in [0.4, 0.5) is 5.69 Å². The highest BCUT2D eigenvalue weighted by Gasteiger charge is 2.64. The summed E-state index contributed by atoms with van der Waals surface area (Å²) < 4.78 is 2.19. The smallest absolute Gasteiger partial charge is 0.283 e. The second kappa shape index (κ2) is 4.83. The Morgan fingerprint density at radius 2 is 1.95 bits per heavy atom. The van der Waals surface area contributed by atoms with Gasteiger partial charge in [-0.3, -0.25) is 4.79 Å². The van der Waals surface area contributed by atoms with Crippen LogP contribution in [-0.4, -0.2) is 16.3 Å². The van der Waals surface area contributed by atoms with Gasteiger partial charge in [0.05, 0.1) is 11.9 Å². The monoisotopic (exact) mass is 353 g/mol. The van der Waals surface area contributed by atoms with Crippen LogP contribution in [0, 0.1) is 22.7 Å². The first kappa shape index (κ1) is 15.1. The summed E-state index contributed by atoms with van der Waals surface area (Å²) in [7, 11) is 0. The van der Waals surface area contributed by atoms with Crippen LogP contribution in [0.5, 0.6) is 0 Å². The molecule has 0 unspecified atom stereocenters. The van der Waals surface area contributed by atoms with Crippen LogP contribution < -0.4 is 10.9 Å². The number of nitrogens with one attached hydrogen (secondary N) is 1. The Labute approximate surface area is 134 Å². The molecule has 0 amide bonds. The SMILES string of the molecule is CC1(C)C(CNc2cnn(CC3CC3)c(=O)c2Br)C1(C)C. The summed E-state index contributed by atoms with van der Waals surface area (Å²) in [6.07, 6.45) is 4.21. The summed E-state index contributed by atoms with van der Waals surface area (Å²) in [6.45, 7) is 10.9. The zero-order valence-electron chi connectivity index (χ0n) is 13.2. The third-order valence-electron chi connectivity index (χ3n) is 5.93. The van der Waals surface area contributed by atoms with Crippen molar-refractivity contribution in [3.8, 4) is 0 Å². The Balaban J connectivity index is 1.69. The molecule has 1 aromatic heterocycles. The first-order chi connectivity index (χ1) is 9.75. The highest BCUT2D eigenvalue weighted by molar-refractivity contribution is 9.10. The molecule has 0 radical (unpaired) electrons. The Bertz CT molecular complexity index is 602. The standard InChI is InChI=1S/C16H24BrN3O/c1-15(2)12(16(15,3)4)8-18-11-7-19-20(9-10-5-6-10)14(21)13(11)17/h7,10,12,18H,5-6,8-9H2,1-4H3. The van der Waals surface area contributed by atoms with Crippen LogP contribution >= 0.6 is 15.9 Å². The van der Waals surface area contributed by atoms with E-state index in [1.54, 1.807) is 10.9 Å². The summed E-state index contributed by atoms with van der Waals surface area (Å²) in [5.41, 5.74) is 1.48. The number of hydrogen-bond acceptors (Lipinski definition) is 3. The molecule has 1 N–H and O–H groups in total. The minimum atomic E-state index is -0.0267. The van der Waals surface area contributed by atoms with Crippen molar-refractivity contribution in [2.45, 2.75) is 47.1 Å². The molecule has 2 saturated carbocycles. The van der Waals surface area contributed by atoms with Gasteiger partial charge in [-0.2, -0.15) is 5.10 Å². The van der Waals surface area contributed by atoms with Gasteiger partial charge < -0.3 is 5.32 Å². The van der Waals surface area contributed by atoms with Gasteiger partial charge in [0.2, 0.25) is 0 Å². The first-order valence-corrected chi connectivity index (χ1v) is 8.54. The molecule has 2 fully saturated rings. The molecule has 0 aromatic carbocycles. The largest absolute Gasteiger partial charge is 0.382 e. The molecule has 1 aromatic rings. The van der Waals surface area contributed by atoms with Gasteiger partial charge in [-0.15, -0.1) is 0 Å². The fourth-order valence-corrected chi connectivity index (χ4v) is 3.77. The summed E-state index contributed by atoms with van der Waals surface area (Å²) in [5.74, 6) is 1.26. The van der Waals surface area contributed by atoms with E-state index in [2.05, 4.69) is 54.0 Å². The average Bonchev–Trinajstić information content (AvgIpc) is 3.27. The van der Waals surface area contributed by atoms with Crippen LogP contribution in [0.2, 0.25) is 0 Å². The number of halogens is 1. The van der Waals surface area contributed by atoms with Gasteiger partial charge >= 0.3 is 0 Å². The lowest BCUT2D eigenvalue weighted by Gasteiger charge is -2.11. The van der Waals surface area contributed by atoms with Crippen molar-refractivity contribution in [3.05, 3.63) is 21.0 Å². The molecule has 116 valence electrons. The Kier molecular flexibility index (Phi) is 3.47. The van der Waals surface area contributed by atoms with E-state index >= 15 is 0 Å². The van der Waals surface area contributed by atoms with E-state index in [4.69, 9.17) is 0 Å². The Hall–Kier alpha value is -0.840. The van der Waals surface area contributed by atoms with Gasteiger partial charge in [0.1, 0.15) is 4.47 Å². The number of anilines is 1. The van der Waals surface area contributed by atoms with Gasteiger partial charge in [-0.25, -0.2) is 4.68 Å². The van der Waals surface area contributed by atoms with E-state index in [1.165, 1.54) is 12.8 Å². The molecule has 0 spiro atoms. The lowest BCUT2D eigenvalue weighted by Crippen LogP contribution is -2.25. The summed E-state index contributed by atoms with van der Waals surface area (Å²) in [4.78, 5) is 12.3. The van der Waals surface area contributed by atoms with E-state index in [0.717, 1.165) is 18.8 Å². The van der Waals surface area contributed by atoms with E-state index in [0.29, 0.717) is 27.1 Å². The number of nitrogens with zero attached hydrogens (tertiary/aromatic N) is 2. The predicted octanol–water partition coefficient (Wildman–Crippen LogP) is 3.51. The van der Waals surface area contributed by atoms with Gasteiger partial charge in [0, 0.05) is 13.1 Å². The quantitative estimate of drug-likeness (QED) is 0.880. The molecule has 3 rings (SSSR count). The maximum atomic E-state index is 12.3. The minimum Gasteiger partial charge on any atom is -0.382 e. The van der Waals surface area contributed by atoms with Gasteiger partial charge in [0.15, 0.2) is 0 Å². The maximum Gasteiger partial charge on any atom is 0.283 e. The van der Waals surface area contributed by atoms with Crippen molar-refractivity contribution in [3.63, 3.8) is 0 Å². The average molecular weight is 354 g/mol. The van der Waals surface area contributed by atoms with Crippen molar-refractivity contribution in [2.75, 3.05) is 11.9 Å². The van der Waals surface area contributed by atoms with E-state index in [9.17, 15) is 4.79 Å². The van der Waals surface area contributed by atoms with Gasteiger partial charge in [-0.1, -0.05) is 27.7 Å². The minimum absolute atomic E-state index is 0.0267. The molecule has 4 nitrogen and oxygen atoms in total. The van der Waals surface area contributed by atoms with Crippen LogP contribution in [0.15, 0.2) is 15.5 Å². The van der Waals surface area contributed by atoms with Crippen molar-refractivity contribution < 1.29 is 0 Å². The zero-order chi connectivity index (χ0) is 15.4. The fraction of sp³-hybridized carbons (Fsp3) is 0.750. The van der Waals surface area contributed by atoms with Gasteiger partial charge in [0.25, 0.3) is 5.56 Å². The maximum absolute atomic E-state index is 12.3. The van der Waals surface area contributed by atoms with Crippen molar-refractivity contribution >= 4 is 21.6 Å². The molecular formula is C16H24BrN3O. The first-order valence-electron chi connectivity index (χ1n) is 7.74. The second-order valence-corrected chi connectivity index (χ2v) is 8.47. The molecule has 2 aliphatic carbocycles. The lowest BCUT2D eigenvalue weighted by atomic mass is 10.0. The molecule has 0 aliphatic heterocycles. The van der Waals surface area contributed by atoms with Crippen molar-refractivity contribution in [2.24, 2.45) is 22.7 Å². The molecule has 21 heavy (non-hydrogen) atoms. The second-order valence-electron chi connectivity index (χ2n) is 7.68. The third kappa shape index (κ3) is 2.54. The van der Waals surface area contributed by atoms with E-state index < -0.39 is 0 Å². The van der Waals surface area contributed by atoms with Gasteiger partial charge in [-0.05, 0) is 51.4 Å². The van der Waals surface area contributed by atoms with Crippen molar-refractivity contribution in [1.82, 2.24) is 9.78 Å². The lowest BCUT2D eigenvalue weighted by molar-refractivity contribution is 0.457. The number of aromatic nitrogens is 2. The highest BCUT2D eigenvalue weighted by atomic mass is 79.9.